The van der Waals surface area contributed by atoms with E-state index in [0.717, 1.165) is 64.6 Å². The molecule has 0 bridgehead atoms. The first-order valence-electron chi connectivity index (χ1n) is 21.0. The fourth-order valence-corrected chi connectivity index (χ4v) is 7.87. The van der Waals surface area contributed by atoms with Crippen LogP contribution in [0.15, 0.2) is 170 Å². The molecule has 0 heterocycles. The van der Waals surface area contributed by atoms with Gasteiger partial charge in [0.2, 0.25) is 0 Å². The lowest BCUT2D eigenvalue weighted by molar-refractivity contribution is 1.61. The molecule has 48 heavy (non-hydrogen) atoms. The molecule has 0 atom stereocenters. The van der Waals surface area contributed by atoms with Gasteiger partial charge in [0.05, 0.1) is 13.7 Å². The standard InChI is InChI=1S/C48H28/c1-2-12-37-35(7-1)27-36(28-44(37)41-24-20-34-18-16-30-9-6-11-32-22-26-43(41)48(34)46(30)32)38-13-3-4-14-39(38)40-23-19-33-17-15-29-8-5-10-31-21-25-42(40)47(33)45(29)31/h1-28H/i1D,2D,3D,4D,7D,12D,13D,14D,27D,28D. The zero-order chi connectivity index (χ0) is 40.0. The average molecular weight is 615 g/mol. The fourth-order valence-electron chi connectivity index (χ4n) is 7.87. The summed E-state index contributed by atoms with van der Waals surface area (Å²) in [7, 11) is 0. The van der Waals surface area contributed by atoms with Gasteiger partial charge in [0, 0.05) is 0 Å². The van der Waals surface area contributed by atoms with Crippen molar-refractivity contribution in [2.24, 2.45) is 0 Å². The number of hydrogen-bond donors (Lipinski definition) is 0. The monoisotopic (exact) mass is 614 g/mol. The van der Waals surface area contributed by atoms with Crippen LogP contribution in [0.5, 0.6) is 0 Å². The van der Waals surface area contributed by atoms with Crippen molar-refractivity contribution in [1.82, 2.24) is 0 Å². The molecule has 0 saturated carbocycles. The van der Waals surface area contributed by atoms with Gasteiger partial charge in [-0.1, -0.05) is 158 Å². The van der Waals surface area contributed by atoms with E-state index in [1.165, 1.54) is 0 Å². The van der Waals surface area contributed by atoms with Gasteiger partial charge in [0.25, 0.3) is 0 Å². The van der Waals surface area contributed by atoms with E-state index in [9.17, 15) is 8.22 Å². The van der Waals surface area contributed by atoms with Crippen LogP contribution in [0.1, 0.15) is 13.7 Å². The van der Waals surface area contributed by atoms with Crippen molar-refractivity contribution in [2.45, 2.75) is 0 Å². The van der Waals surface area contributed by atoms with Crippen LogP contribution < -0.4 is 0 Å². The Labute approximate surface area is 291 Å². The lowest BCUT2D eigenvalue weighted by Gasteiger charge is -2.19. The largest absolute Gasteiger partial charge is 0.0636 e. The molecule has 0 unspecified atom stereocenters. The summed E-state index contributed by atoms with van der Waals surface area (Å²) >= 11 is 0. The minimum absolute atomic E-state index is 0.00454. The summed E-state index contributed by atoms with van der Waals surface area (Å²) in [4.78, 5) is 0. The van der Waals surface area contributed by atoms with Crippen LogP contribution in [0.2, 0.25) is 0 Å². The van der Waals surface area contributed by atoms with E-state index in [1.807, 2.05) is 97.1 Å². The van der Waals surface area contributed by atoms with Gasteiger partial charge in [-0.15, -0.1) is 0 Å². The van der Waals surface area contributed by atoms with Crippen LogP contribution in [0, 0.1) is 0 Å². The van der Waals surface area contributed by atoms with E-state index in [2.05, 4.69) is 12.1 Å². The zero-order valence-corrected chi connectivity index (χ0v) is 25.4. The quantitative estimate of drug-likeness (QED) is 0.174. The summed E-state index contributed by atoms with van der Waals surface area (Å²) in [6.45, 7) is 0. The molecular formula is C48H28. The molecule has 0 heteroatoms. The number of rotatable bonds is 3. The summed E-state index contributed by atoms with van der Waals surface area (Å²) in [5.74, 6) is 0. The molecule has 0 amide bonds. The first-order valence-corrected chi connectivity index (χ1v) is 16.0. The van der Waals surface area contributed by atoms with E-state index < -0.39 is 48.3 Å². The molecule has 11 rings (SSSR count). The highest BCUT2D eigenvalue weighted by atomic mass is 14.2. The Morgan fingerprint density at radius 2 is 0.750 bits per heavy atom. The maximum absolute atomic E-state index is 10.1. The van der Waals surface area contributed by atoms with Crippen LogP contribution in [-0.2, 0) is 0 Å². The van der Waals surface area contributed by atoms with Crippen molar-refractivity contribution in [1.29, 1.82) is 0 Å². The predicted octanol–water partition coefficient (Wildman–Crippen LogP) is 13.6. The Balaban J connectivity index is 1.34. The minimum Gasteiger partial charge on any atom is -0.0616 e. The highest BCUT2D eigenvalue weighted by molar-refractivity contribution is 6.27. The van der Waals surface area contributed by atoms with E-state index >= 15 is 0 Å². The molecule has 0 aromatic heterocycles. The van der Waals surface area contributed by atoms with E-state index in [0.29, 0.717) is 11.1 Å². The van der Waals surface area contributed by atoms with Gasteiger partial charge in [-0.2, -0.15) is 0 Å². The van der Waals surface area contributed by atoms with Gasteiger partial charge in [0.1, 0.15) is 0 Å². The maximum Gasteiger partial charge on any atom is 0.0636 e. The summed E-state index contributed by atoms with van der Waals surface area (Å²) in [5.41, 5.74) is 1.03. The Bertz CT molecular complexity index is 3600. The van der Waals surface area contributed by atoms with Gasteiger partial charge in [-0.05, 0) is 121 Å². The third-order valence-corrected chi connectivity index (χ3v) is 9.97. The molecule has 220 valence electrons. The van der Waals surface area contributed by atoms with E-state index in [-0.39, 0.29) is 45.1 Å². The fraction of sp³-hybridized carbons (Fsp3) is 0. The Kier molecular flexibility index (Phi) is 3.65. The summed E-state index contributed by atoms with van der Waals surface area (Å²) < 4.78 is 92.5. The van der Waals surface area contributed by atoms with Crippen LogP contribution in [0.3, 0.4) is 0 Å². The lowest BCUT2D eigenvalue weighted by Crippen LogP contribution is -1.92. The second-order valence-corrected chi connectivity index (χ2v) is 12.4. The first kappa shape index (κ1) is 18.2. The molecule has 0 aliphatic carbocycles. The molecule has 0 N–H and O–H groups in total. The normalized spacial score (nSPS) is 15.1. The molecule has 0 spiro atoms. The summed E-state index contributed by atoms with van der Waals surface area (Å²) in [5, 5.41) is 11.2. The summed E-state index contributed by atoms with van der Waals surface area (Å²) in [6.07, 6.45) is 0. The van der Waals surface area contributed by atoms with Gasteiger partial charge < -0.3 is 0 Å². The number of fused-ring (bicyclic) bond motifs is 1. The molecule has 0 nitrogen and oxygen atoms in total. The Morgan fingerprint density at radius 1 is 0.292 bits per heavy atom. The van der Waals surface area contributed by atoms with Crippen LogP contribution in [0.4, 0.5) is 0 Å². The highest BCUT2D eigenvalue weighted by Gasteiger charge is 2.18. The topological polar surface area (TPSA) is 0 Å². The van der Waals surface area contributed by atoms with Gasteiger partial charge >= 0.3 is 0 Å². The average Bonchev–Trinajstić information content (AvgIpc) is 3.24. The minimum atomic E-state index is -0.544. The molecule has 0 fully saturated rings. The van der Waals surface area contributed by atoms with E-state index in [1.54, 1.807) is 0 Å². The SMILES string of the molecule is [2H]c1c([2H])c([2H])c(-c2ccc3ccc4cccc5ccc2c3c45)c(-c2c([2H])c(-c3ccc4ccc5cccc6ccc3c4c56)c3c([2H])c([2H])c([2H])c([2H])c3c2[2H])c1[2H]. The second-order valence-electron chi connectivity index (χ2n) is 12.4. The van der Waals surface area contributed by atoms with Crippen LogP contribution >= 0.6 is 0 Å². The molecule has 0 saturated heterocycles. The van der Waals surface area contributed by atoms with Crippen molar-refractivity contribution >= 4 is 75.4 Å². The van der Waals surface area contributed by atoms with Crippen LogP contribution in [0.25, 0.3) is 109 Å². The predicted molar refractivity (Wildman–Crippen MR) is 208 cm³/mol. The number of benzene rings is 11. The summed E-state index contributed by atoms with van der Waals surface area (Å²) in [6, 6.07) is 31.3. The third kappa shape index (κ3) is 3.55. The van der Waals surface area contributed by atoms with Crippen molar-refractivity contribution in [3.05, 3.63) is 170 Å². The highest BCUT2D eigenvalue weighted by Crippen LogP contribution is 2.45. The molecule has 0 radical (unpaired) electrons. The Hall–Kier alpha value is -6.24. The Morgan fingerprint density at radius 3 is 1.35 bits per heavy atom. The second kappa shape index (κ2) is 9.64. The molecule has 11 aromatic carbocycles. The van der Waals surface area contributed by atoms with Crippen molar-refractivity contribution in [2.75, 3.05) is 0 Å². The maximum atomic E-state index is 10.1. The zero-order valence-electron chi connectivity index (χ0n) is 35.4. The smallest absolute Gasteiger partial charge is 0.0616 e. The van der Waals surface area contributed by atoms with Gasteiger partial charge in [-0.3, -0.25) is 0 Å². The van der Waals surface area contributed by atoms with Crippen LogP contribution in [-0.4, -0.2) is 0 Å². The molecule has 0 aliphatic heterocycles. The first-order chi connectivity index (χ1) is 28.0. The molecule has 0 aliphatic rings. The van der Waals surface area contributed by atoms with Crippen molar-refractivity contribution in [3.63, 3.8) is 0 Å². The van der Waals surface area contributed by atoms with E-state index in [4.69, 9.17) is 5.48 Å². The van der Waals surface area contributed by atoms with Crippen molar-refractivity contribution in [3.8, 4) is 33.4 Å². The molecular weight excluding hydrogens is 577 g/mol. The number of hydrogen-bond acceptors (Lipinski definition) is 0. The lowest BCUT2D eigenvalue weighted by atomic mass is 9.85. The molecule has 11 aromatic rings. The third-order valence-electron chi connectivity index (χ3n) is 9.97. The van der Waals surface area contributed by atoms with Gasteiger partial charge in [0.15, 0.2) is 0 Å². The van der Waals surface area contributed by atoms with Gasteiger partial charge in [-0.25, -0.2) is 0 Å². The van der Waals surface area contributed by atoms with Crippen molar-refractivity contribution < 1.29 is 13.7 Å².